The fraction of sp³-hybridized carbons (Fsp3) is 0.0400. The van der Waals surface area contributed by atoms with Crippen molar-refractivity contribution >= 4 is 70.5 Å². The molecule has 1 aliphatic rings. The number of hydrogen-bond donors (Lipinski definition) is 0. The van der Waals surface area contributed by atoms with Crippen LogP contribution in [-0.4, -0.2) is 14.5 Å². The second kappa shape index (κ2) is 11.9. The summed E-state index contributed by atoms with van der Waals surface area (Å²) in [4.78, 5) is 10.3. The molecule has 11 rings (SSSR count). The number of aromatic nitrogens is 3. The SMILES string of the molecule is C1=CC(c2nc(-c3ccccc3)cc(-c3cccc(-n4c5cc6c7ccccc7c7ccccc7c6cc5c5ccc6ccccc6c54)c3)n2)=CCC1. The van der Waals surface area contributed by atoms with Crippen molar-refractivity contribution in [1.29, 1.82) is 0 Å². The summed E-state index contributed by atoms with van der Waals surface area (Å²) in [6.07, 6.45) is 8.68. The third kappa shape index (κ3) is 4.74. The molecule has 2 heterocycles. The quantitative estimate of drug-likeness (QED) is 0.174. The molecule has 0 unspecified atom stereocenters. The second-order valence-corrected chi connectivity index (χ2v) is 14.0. The van der Waals surface area contributed by atoms with Gasteiger partial charge < -0.3 is 4.57 Å². The average Bonchev–Trinajstić information content (AvgIpc) is 3.57. The average molecular weight is 676 g/mol. The Morgan fingerprint density at radius 3 is 1.81 bits per heavy atom. The molecule has 1 aliphatic carbocycles. The van der Waals surface area contributed by atoms with Crippen LogP contribution < -0.4 is 0 Å². The van der Waals surface area contributed by atoms with E-state index < -0.39 is 0 Å². The Labute approximate surface area is 306 Å². The Kier molecular flexibility index (Phi) is 6.68. The summed E-state index contributed by atoms with van der Waals surface area (Å²) < 4.78 is 2.48. The lowest BCUT2D eigenvalue weighted by Crippen LogP contribution is -2.00. The molecule has 8 aromatic carbocycles. The van der Waals surface area contributed by atoms with E-state index >= 15 is 0 Å². The minimum atomic E-state index is 0.760. The number of allylic oxidation sites excluding steroid dienone is 4. The van der Waals surface area contributed by atoms with Crippen LogP contribution in [-0.2, 0) is 0 Å². The van der Waals surface area contributed by atoms with Crippen molar-refractivity contribution < 1.29 is 0 Å². The van der Waals surface area contributed by atoms with Gasteiger partial charge in [-0.05, 0) is 80.9 Å². The summed E-state index contributed by atoms with van der Waals surface area (Å²) in [6, 6.07) is 57.3. The zero-order valence-electron chi connectivity index (χ0n) is 29.0. The maximum Gasteiger partial charge on any atom is 0.160 e. The van der Waals surface area contributed by atoms with Gasteiger partial charge in [0.15, 0.2) is 5.82 Å². The van der Waals surface area contributed by atoms with Gasteiger partial charge in [-0.3, -0.25) is 0 Å². The molecule has 0 spiro atoms. The smallest absolute Gasteiger partial charge is 0.160 e. The van der Waals surface area contributed by atoms with Crippen molar-refractivity contribution in [1.82, 2.24) is 14.5 Å². The molecule has 2 aromatic heterocycles. The number of rotatable bonds is 4. The van der Waals surface area contributed by atoms with Crippen LogP contribution in [0.2, 0.25) is 0 Å². The van der Waals surface area contributed by atoms with Gasteiger partial charge in [0.2, 0.25) is 0 Å². The molecule has 0 atom stereocenters. The third-order valence-corrected chi connectivity index (χ3v) is 11.0. The van der Waals surface area contributed by atoms with E-state index in [1.165, 1.54) is 64.9 Å². The van der Waals surface area contributed by atoms with E-state index in [9.17, 15) is 0 Å². The molecule has 248 valence electrons. The van der Waals surface area contributed by atoms with Crippen molar-refractivity contribution in [3.63, 3.8) is 0 Å². The Morgan fingerprint density at radius 2 is 1.08 bits per heavy atom. The van der Waals surface area contributed by atoms with Crippen molar-refractivity contribution in [2.75, 3.05) is 0 Å². The van der Waals surface area contributed by atoms with Gasteiger partial charge in [-0.1, -0.05) is 146 Å². The van der Waals surface area contributed by atoms with E-state index in [-0.39, 0.29) is 0 Å². The summed E-state index contributed by atoms with van der Waals surface area (Å²) >= 11 is 0. The van der Waals surface area contributed by atoms with E-state index in [0.717, 1.165) is 52.4 Å². The molecular formula is C50H33N3. The molecule has 0 fully saturated rings. The molecule has 53 heavy (non-hydrogen) atoms. The molecule has 3 heteroatoms. The minimum Gasteiger partial charge on any atom is -0.309 e. The van der Waals surface area contributed by atoms with Gasteiger partial charge in [-0.2, -0.15) is 0 Å². The van der Waals surface area contributed by atoms with Crippen molar-refractivity contribution in [3.05, 3.63) is 182 Å². The second-order valence-electron chi connectivity index (χ2n) is 14.0. The van der Waals surface area contributed by atoms with E-state index in [4.69, 9.17) is 9.97 Å². The zero-order chi connectivity index (χ0) is 34.9. The first-order chi connectivity index (χ1) is 26.3. The van der Waals surface area contributed by atoms with Gasteiger partial charge in [-0.15, -0.1) is 0 Å². The molecule has 0 saturated heterocycles. The summed E-state index contributed by atoms with van der Waals surface area (Å²) in [5, 5.41) is 12.6. The fourth-order valence-electron chi connectivity index (χ4n) is 8.51. The largest absolute Gasteiger partial charge is 0.309 e. The Bertz CT molecular complexity index is 3160. The normalized spacial score (nSPS) is 13.2. The lowest BCUT2D eigenvalue weighted by molar-refractivity contribution is 1.03. The molecule has 0 saturated carbocycles. The van der Waals surface area contributed by atoms with Gasteiger partial charge in [0.1, 0.15) is 0 Å². The maximum absolute atomic E-state index is 5.21. The summed E-state index contributed by atoms with van der Waals surface area (Å²) in [5.41, 5.74) is 8.53. The summed E-state index contributed by atoms with van der Waals surface area (Å²) in [7, 11) is 0. The highest BCUT2D eigenvalue weighted by Crippen LogP contribution is 2.43. The van der Waals surface area contributed by atoms with Crippen LogP contribution in [0.4, 0.5) is 0 Å². The van der Waals surface area contributed by atoms with Gasteiger partial charge in [0.25, 0.3) is 0 Å². The van der Waals surface area contributed by atoms with Crippen molar-refractivity contribution in [3.8, 4) is 28.2 Å². The van der Waals surface area contributed by atoms with Crippen LogP contribution >= 0.6 is 0 Å². The van der Waals surface area contributed by atoms with Gasteiger partial charge in [-0.25, -0.2) is 9.97 Å². The number of fused-ring (bicyclic) bond motifs is 11. The predicted molar refractivity (Wildman–Crippen MR) is 224 cm³/mol. The molecule has 3 nitrogen and oxygen atoms in total. The highest BCUT2D eigenvalue weighted by molar-refractivity contribution is 6.29. The molecule has 10 aromatic rings. The molecule has 0 bridgehead atoms. The summed E-state index contributed by atoms with van der Waals surface area (Å²) in [6.45, 7) is 0. The molecule has 0 N–H and O–H groups in total. The lowest BCUT2D eigenvalue weighted by Gasteiger charge is -2.14. The fourth-order valence-corrected chi connectivity index (χ4v) is 8.51. The van der Waals surface area contributed by atoms with Crippen LogP contribution in [0.25, 0.3) is 98.7 Å². The highest BCUT2D eigenvalue weighted by Gasteiger charge is 2.19. The minimum absolute atomic E-state index is 0.760. The van der Waals surface area contributed by atoms with Crippen molar-refractivity contribution in [2.24, 2.45) is 0 Å². The Morgan fingerprint density at radius 1 is 0.434 bits per heavy atom. The van der Waals surface area contributed by atoms with Gasteiger partial charge in [0, 0.05) is 38.5 Å². The summed E-state index contributed by atoms with van der Waals surface area (Å²) in [5.74, 6) is 0.760. The van der Waals surface area contributed by atoms with Gasteiger partial charge in [0.05, 0.1) is 22.4 Å². The lowest BCUT2D eigenvalue weighted by atomic mass is 9.93. The van der Waals surface area contributed by atoms with E-state index in [1.54, 1.807) is 0 Å². The topological polar surface area (TPSA) is 30.7 Å². The van der Waals surface area contributed by atoms with Crippen LogP contribution in [0.15, 0.2) is 176 Å². The van der Waals surface area contributed by atoms with E-state index in [2.05, 4.69) is 174 Å². The standard InChI is InChI=1S/C50H33N3/c1-3-15-33(16-4-1)46-31-47(52-50(51-46)34-17-5-2-6-18-34)35-19-13-20-36(28-35)53-48-30-44-41-25-12-10-23-39(41)38-22-9-11-24-40(38)43(44)29-45(48)42-27-26-32-14-7-8-21-37(32)49(42)53/h1,3-5,7-31H,2,6H2. The monoisotopic (exact) mass is 675 g/mol. The zero-order valence-corrected chi connectivity index (χ0v) is 29.0. The van der Waals surface area contributed by atoms with Crippen LogP contribution in [0.1, 0.15) is 18.7 Å². The molecule has 0 amide bonds. The Hall–Kier alpha value is -6.84. The van der Waals surface area contributed by atoms with Crippen LogP contribution in [0.3, 0.4) is 0 Å². The molecule has 0 aliphatic heterocycles. The highest BCUT2D eigenvalue weighted by atomic mass is 15.0. The molecular weight excluding hydrogens is 643 g/mol. The molecule has 0 radical (unpaired) electrons. The van der Waals surface area contributed by atoms with E-state index in [0.29, 0.717) is 0 Å². The third-order valence-electron chi connectivity index (χ3n) is 11.0. The maximum atomic E-state index is 5.21. The predicted octanol–water partition coefficient (Wildman–Crippen LogP) is 13.3. The van der Waals surface area contributed by atoms with Gasteiger partial charge >= 0.3 is 0 Å². The first-order valence-electron chi connectivity index (χ1n) is 18.4. The van der Waals surface area contributed by atoms with Crippen molar-refractivity contribution in [2.45, 2.75) is 12.8 Å². The van der Waals surface area contributed by atoms with Crippen LogP contribution in [0, 0.1) is 0 Å². The first kappa shape index (κ1) is 29.8. The first-order valence-corrected chi connectivity index (χ1v) is 18.4. The number of benzene rings is 8. The van der Waals surface area contributed by atoms with E-state index in [1.807, 2.05) is 6.07 Å². The Balaban J connectivity index is 1.21. The number of nitrogens with zero attached hydrogens (tertiary/aromatic N) is 3. The number of hydrogen-bond acceptors (Lipinski definition) is 2. The van der Waals surface area contributed by atoms with Crippen LogP contribution in [0.5, 0.6) is 0 Å².